The number of likely N-dealkylation sites (N-methyl/N-ethyl adjacent to an activating group) is 2. The maximum atomic E-state index is 13.9. The highest BCUT2D eigenvalue weighted by atomic mass is 16.5. The molecule has 0 saturated heterocycles. The Labute approximate surface area is 238 Å². The van der Waals surface area contributed by atoms with Crippen molar-refractivity contribution in [1.82, 2.24) is 9.80 Å². The quantitative estimate of drug-likeness (QED) is 0.332. The highest BCUT2D eigenvalue weighted by Crippen LogP contribution is 2.52. The topological polar surface area (TPSA) is 177 Å². The van der Waals surface area contributed by atoms with E-state index < -0.39 is 64.4 Å². The molecule has 3 aliphatic rings. The van der Waals surface area contributed by atoms with Gasteiger partial charge in [-0.05, 0) is 59.8 Å². The van der Waals surface area contributed by atoms with E-state index in [1.165, 1.54) is 18.1 Å². The third-order valence-corrected chi connectivity index (χ3v) is 8.66. The first-order valence-corrected chi connectivity index (χ1v) is 13.7. The molecule has 4 rings (SSSR count). The summed E-state index contributed by atoms with van der Waals surface area (Å²) >= 11 is 0. The molecule has 2 unspecified atom stereocenters. The maximum Gasteiger partial charge on any atom is 0.235 e. The number of benzene rings is 1. The summed E-state index contributed by atoms with van der Waals surface area (Å²) in [7, 11) is 6.44. The minimum atomic E-state index is -2.75. The number of hydrogen-bond donors (Lipinski definition) is 3. The molecule has 2 fully saturated rings. The molecule has 0 aromatic heterocycles. The number of phenols is 1. The van der Waals surface area contributed by atoms with Gasteiger partial charge >= 0.3 is 0 Å². The molecular weight excluding hydrogens is 534 g/mol. The number of aromatic hydroxyl groups is 1. The van der Waals surface area contributed by atoms with E-state index in [1.807, 2.05) is 25.8 Å². The van der Waals surface area contributed by atoms with Crippen LogP contribution in [0.1, 0.15) is 41.8 Å². The first kappa shape index (κ1) is 30.8. The van der Waals surface area contributed by atoms with Crippen LogP contribution in [0.25, 0.3) is 0 Å². The molecule has 0 spiro atoms. The van der Waals surface area contributed by atoms with Crippen LogP contribution in [-0.4, -0.2) is 108 Å². The second kappa shape index (κ2) is 11.2. The Kier molecular flexibility index (Phi) is 8.43. The lowest BCUT2D eigenvalue weighted by Crippen LogP contribution is -2.74. The van der Waals surface area contributed by atoms with Crippen molar-refractivity contribution in [3.8, 4) is 11.5 Å². The number of carbonyl (C=O) groups is 5. The van der Waals surface area contributed by atoms with Gasteiger partial charge < -0.3 is 25.4 Å². The van der Waals surface area contributed by atoms with Gasteiger partial charge in [-0.15, -0.1) is 0 Å². The summed E-state index contributed by atoms with van der Waals surface area (Å²) in [5.41, 5.74) is 3.58. The number of methoxy groups -OCH3 is 1. The van der Waals surface area contributed by atoms with E-state index in [0.29, 0.717) is 36.6 Å². The Morgan fingerprint density at radius 1 is 1.17 bits per heavy atom. The van der Waals surface area contributed by atoms with Crippen LogP contribution in [0.5, 0.6) is 11.5 Å². The van der Waals surface area contributed by atoms with E-state index in [0.717, 1.165) is 0 Å². The number of ketones is 4. The standard InChI is InChI=1S/C29H39N3O9/c1-13(2)41-8-7-32(5)12-15-11-18(33)20-16(25(15)40-6)9-14-10-17-22(31(3)4)24(35)21(28(30)38)27(37)29(17,39)26(36)19(14)23(20)34/h11,13-14,17,19,21-22,33,39H,7-10,12H2,1-6H3,(H2,30,38)/t14-,17-,19?,21?,22-,29-/m0/s1. The number of nitrogens with zero attached hydrogens (tertiary/aromatic N) is 2. The van der Waals surface area contributed by atoms with Crippen molar-refractivity contribution in [2.24, 2.45) is 29.4 Å². The number of aliphatic hydroxyl groups is 1. The predicted octanol–water partition coefficient (Wildman–Crippen LogP) is -0.268. The van der Waals surface area contributed by atoms with E-state index >= 15 is 0 Å². The van der Waals surface area contributed by atoms with Crippen LogP contribution >= 0.6 is 0 Å². The van der Waals surface area contributed by atoms with Gasteiger partial charge in [0.05, 0.1) is 37.3 Å². The Hall–Kier alpha value is -3.19. The number of primary amides is 1. The Balaban J connectivity index is 1.75. The lowest BCUT2D eigenvalue weighted by Gasteiger charge is -2.52. The zero-order valence-corrected chi connectivity index (χ0v) is 24.3. The van der Waals surface area contributed by atoms with Crippen LogP contribution in [0, 0.1) is 23.7 Å². The lowest BCUT2D eigenvalue weighted by atomic mass is 9.52. The van der Waals surface area contributed by atoms with Gasteiger partial charge in [0.25, 0.3) is 0 Å². The molecule has 41 heavy (non-hydrogen) atoms. The number of rotatable bonds is 9. The van der Waals surface area contributed by atoms with Gasteiger partial charge in [-0.1, -0.05) is 0 Å². The summed E-state index contributed by atoms with van der Waals surface area (Å²) in [5, 5.41) is 22.7. The highest BCUT2D eigenvalue weighted by molar-refractivity contribution is 6.32. The average molecular weight is 574 g/mol. The minimum absolute atomic E-state index is 0.0233. The van der Waals surface area contributed by atoms with Crippen LogP contribution in [0.4, 0.5) is 0 Å². The number of phenolic OH excluding ortho intramolecular Hbond substituents is 1. The number of hydrogen-bond acceptors (Lipinski definition) is 11. The summed E-state index contributed by atoms with van der Waals surface area (Å²) < 4.78 is 11.4. The fraction of sp³-hybridized carbons (Fsp3) is 0.621. The molecule has 1 amide bonds. The van der Waals surface area contributed by atoms with Gasteiger partial charge in [0.15, 0.2) is 34.7 Å². The van der Waals surface area contributed by atoms with Crippen LogP contribution in [0.2, 0.25) is 0 Å². The van der Waals surface area contributed by atoms with Crippen molar-refractivity contribution in [3.63, 3.8) is 0 Å². The second-order valence-corrected chi connectivity index (χ2v) is 11.9. The molecule has 1 aromatic carbocycles. The van der Waals surface area contributed by atoms with E-state index in [-0.39, 0.29) is 30.3 Å². The Morgan fingerprint density at radius 2 is 1.83 bits per heavy atom. The van der Waals surface area contributed by atoms with Gasteiger partial charge in [0.1, 0.15) is 11.5 Å². The molecular formula is C29H39N3O9. The van der Waals surface area contributed by atoms with Crippen molar-refractivity contribution in [2.45, 2.75) is 51.0 Å². The maximum absolute atomic E-state index is 13.9. The van der Waals surface area contributed by atoms with Gasteiger partial charge in [-0.3, -0.25) is 33.8 Å². The van der Waals surface area contributed by atoms with E-state index in [2.05, 4.69) is 0 Å². The monoisotopic (exact) mass is 573 g/mol. The number of Topliss-reactive ketones (excluding diaryl/α,β-unsaturated/α-hetero) is 4. The summed E-state index contributed by atoms with van der Waals surface area (Å²) in [5.74, 6) is -10.4. The number of ether oxygens (including phenoxy) is 2. The fourth-order valence-electron chi connectivity index (χ4n) is 6.90. The SMILES string of the molecule is COc1c(CN(C)CCOC(C)C)cc(O)c2c1C[C@H]1C[C@H]3[C@H](N(C)C)C(=O)C(C(N)=O)C(=O)[C@@]3(O)C(=O)C1C2=O. The van der Waals surface area contributed by atoms with Crippen LogP contribution in [-0.2, 0) is 36.9 Å². The van der Waals surface area contributed by atoms with E-state index in [9.17, 15) is 34.2 Å². The summed E-state index contributed by atoms with van der Waals surface area (Å²) in [6.07, 6.45) is 0.199. The van der Waals surface area contributed by atoms with Crippen LogP contribution in [0.3, 0.4) is 0 Å². The average Bonchev–Trinajstić information content (AvgIpc) is 2.85. The van der Waals surface area contributed by atoms with E-state index in [4.69, 9.17) is 15.2 Å². The Bertz CT molecular complexity index is 1290. The van der Waals surface area contributed by atoms with Crippen LogP contribution < -0.4 is 10.5 Å². The zero-order valence-electron chi connectivity index (χ0n) is 24.3. The molecule has 0 aliphatic heterocycles. The molecule has 0 bridgehead atoms. The van der Waals surface area contributed by atoms with Gasteiger partial charge in [0, 0.05) is 30.1 Å². The Morgan fingerprint density at radius 3 is 2.39 bits per heavy atom. The van der Waals surface area contributed by atoms with Crippen LogP contribution in [0.15, 0.2) is 6.07 Å². The molecule has 6 atom stereocenters. The summed E-state index contributed by atoms with van der Waals surface area (Å²) in [6, 6.07) is 0.274. The van der Waals surface area contributed by atoms with Crippen molar-refractivity contribution >= 4 is 29.0 Å². The number of carbonyl (C=O) groups excluding carboxylic acids is 5. The third kappa shape index (κ3) is 4.96. The van der Waals surface area contributed by atoms with Crippen molar-refractivity contribution in [2.75, 3.05) is 41.4 Å². The first-order valence-electron chi connectivity index (χ1n) is 13.7. The lowest BCUT2D eigenvalue weighted by molar-refractivity contribution is -0.181. The molecule has 224 valence electrons. The highest BCUT2D eigenvalue weighted by Gasteiger charge is 2.69. The summed E-state index contributed by atoms with van der Waals surface area (Å²) in [6.45, 7) is 5.39. The first-order chi connectivity index (χ1) is 19.2. The normalized spacial score (nSPS) is 29.6. The number of amides is 1. The molecule has 2 saturated carbocycles. The third-order valence-electron chi connectivity index (χ3n) is 8.66. The minimum Gasteiger partial charge on any atom is -0.507 e. The smallest absolute Gasteiger partial charge is 0.235 e. The fourth-order valence-corrected chi connectivity index (χ4v) is 6.90. The number of nitrogens with two attached hydrogens (primary N) is 1. The molecule has 0 heterocycles. The van der Waals surface area contributed by atoms with Gasteiger partial charge in [0.2, 0.25) is 5.91 Å². The molecule has 4 N–H and O–H groups in total. The van der Waals surface area contributed by atoms with Crippen molar-refractivity contribution in [3.05, 3.63) is 22.8 Å². The largest absolute Gasteiger partial charge is 0.507 e. The summed E-state index contributed by atoms with van der Waals surface area (Å²) in [4.78, 5) is 69.9. The molecule has 0 radical (unpaired) electrons. The molecule has 1 aromatic rings. The van der Waals surface area contributed by atoms with E-state index in [1.54, 1.807) is 14.1 Å². The van der Waals surface area contributed by atoms with Gasteiger partial charge in [-0.2, -0.15) is 0 Å². The second-order valence-electron chi connectivity index (χ2n) is 11.9. The number of fused-ring (bicyclic) bond motifs is 3. The molecule has 12 nitrogen and oxygen atoms in total. The van der Waals surface area contributed by atoms with Crippen molar-refractivity contribution in [1.29, 1.82) is 0 Å². The van der Waals surface area contributed by atoms with Gasteiger partial charge in [-0.25, -0.2) is 0 Å². The van der Waals surface area contributed by atoms with Crippen molar-refractivity contribution < 1.29 is 43.7 Å². The molecule has 3 aliphatic carbocycles. The predicted molar refractivity (Wildman–Crippen MR) is 145 cm³/mol. The zero-order chi connectivity index (χ0) is 30.5. The molecule has 12 heteroatoms.